The van der Waals surface area contributed by atoms with Gasteiger partial charge in [-0.25, -0.2) is 8.42 Å². The molecule has 1 aliphatic heterocycles. The average molecular weight is 403 g/mol. The van der Waals surface area contributed by atoms with Gasteiger partial charge in [-0.05, 0) is 36.6 Å². The van der Waals surface area contributed by atoms with E-state index in [1.807, 2.05) is 0 Å². The number of hydrogen-bond donors (Lipinski definition) is 1. The van der Waals surface area contributed by atoms with Gasteiger partial charge in [0, 0.05) is 26.6 Å². The summed E-state index contributed by atoms with van der Waals surface area (Å²) in [7, 11) is -2.19. The lowest BCUT2D eigenvalue weighted by atomic mass is 10.1. The zero-order valence-electron chi connectivity index (χ0n) is 14.6. The van der Waals surface area contributed by atoms with Crippen LogP contribution >= 0.6 is 0 Å². The largest absolute Gasteiger partial charge is 0.435 e. The molecule has 1 atom stereocenters. The molecule has 0 amide bonds. The lowest BCUT2D eigenvalue weighted by Crippen LogP contribution is -2.27. The monoisotopic (exact) mass is 403 g/mol. The minimum absolute atomic E-state index is 0.0380. The van der Waals surface area contributed by atoms with E-state index in [-0.39, 0.29) is 17.0 Å². The third kappa shape index (κ3) is 4.17. The molecular weight excluding hydrogens is 383 g/mol. The van der Waals surface area contributed by atoms with Crippen molar-refractivity contribution in [2.75, 3.05) is 13.1 Å². The number of nitrogens with zero attached hydrogens (tertiary/aromatic N) is 3. The molecule has 1 aromatic carbocycles. The van der Waals surface area contributed by atoms with Crippen LogP contribution in [0.4, 0.5) is 13.2 Å². The zero-order chi connectivity index (χ0) is 19.8. The maximum atomic E-state index is 12.7. The van der Waals surface area contributed by atoms with Crippen LogP contribution in [0.3, 0.4) is 0 Å². The molecule has 27 heavy (non-hydrogen) atoms. The Morgan fingerprint density at radius 2 is 1.78 bits per heavy atom. The number of aromatic nitrogens is 2. The van der Waals surface area contributed by atoms with Crippen molar-refractivity contribution in [3.63, 3.8) is 0 Å². The summed E-state index contributed by atoms with van der Waals surface area (Å²) in [6.45, 7) is 1.01. The molecule has 2 heterocycles. The highest BCUT2D eigenvalue weighted by Crippen LogP contribution is 2.30. The molecule has 10 heteroatoms. The van der Waals surface area contributed by atoms with Gasteiger partial charge in [0.25, 0.3) is 0 Å². The van der Waals surface area contributed by atoms with Gasteiger partial charge in [-0.3, -0.25) is 4.68 Å². The highest BCUT2D eigenvalue weighted by molar-refractivity contribution is 7.89. The quantitative estimate of drug-likeness (QED) is 0.832. The van der Waals surface area contributed by atoms with Crippen LogP contribution in [0.5, 0.6) is 0 Å². The van der Waals surface area contributed by atoms with Gasteiger partial charge in [0.15, 0.2) is 5.69 Å². The number of sulfonamides is 1. The number of aryl methyl sites for hydroxylation is 1. The van der Waals surface area contributed by atoms with Gasteiger partial charge in [-0.15, -0.1) is 0 Å². The summed E-state index contributed by atoms with van der Waals surface area (Å²) in [5.41, 5.74) is -0.417. The topological polar surface area (TPSA) is 75.4 Å². The molecule has 1 N–H and O–H groups in total. The molecule has 0 radical (unpaired) electrons. The van der Waals surface area contributed by atoms with E-state index in [2.05, 4.69) is 5.10 Å². The van der Waals surface area contributed by atoms with Crippen molar-refractivity contribution in [1.82, 2.24) is 14.1 Å². The molecule has 2 aromatic rings. The summed E-state index contributed by atoms with van der Waals surface area (Å²) in [4.78, 5) is 0.169. The van der Waals surface area contributed by atoms with Crippen LogP contribution in [0.25, 0.3) is 0 Å². The van der Waals surface area contributed by atoms with Crippen molar-refractivity contribution in [3.05, 3.63) is 47.3 Å². The summed E-state index contributed by atoms with van der Waals surface area (Å²) in [6.07, 6.45) is -4.05. The highest BCUT2D eigenvalue weighted by atomic mass is 32.2. The van der Waals surface area contributed by atoms with Gasteiger partial charge in [-0.1, -0.05) is 12.1 Å². The van der Waals surface area contributed by atoms with Crippen molar-refractivity contribution >= 4 is 10.0 Å². The number of rotatable bonds is 5. The minimum Gasteiger partial charge on any atom is -0.386 e. The molecule has 3 rings (SSSR count). The van der Waals surface area contributed by atoms with E-state index in [1.54, 1.807) is 12.1 Å². The maximum absolute atomic E-state index is 12.7. The Balaban J connectivity index is 1.74. The first kappa shape index (κ1) is 19.8. The predicted molar refractivity (Wildman–Crippen MR) is 91.3 cm³/mol. The number of halogens is 3. The van der Waals surface area contributed by atoms with Crippen LogP contribution in [0.1, 0.15) is 35.9 Å². The first-order chi connectivity index (χ1) is 12.6. The molecule has 6 nitrogen and oxygen atoms in total. The van der Waals surface area contributed by atoms with Crippen molar-refractivity contribution in [2.24, 2.45) is 7.05 Å². The van der Waals surface area contributed by atoms with E-state index in [1.165, 1.54) is 23.5 Å². The van der Waals surface area contributed by atoms with Gasteiger partial charge in [-0.2, -0.15) is 22.6 Å². The Bertz CT molecular complexity index is 902. The number of hydrogen-bond acceptors (Lipinski definition) is 4. The highest BCUT2D eigenvalue weighted by Gasteiger charge is 2.35. The molecule has 0 aliphatic carbocycles. The van der Waals surface area contributed by atoms with Gasteiger partial charge in [0.1, 0.15) is 0 Å². The van der Waals surface area contributed by atoms with Crippen LogP contribution in [0.15, 0.2) is 35.2 Å². The fourth-order valence-corrected chi connectivity index (χ4v) is 4.65. The van der Waals surface area contributed by atoms with Gasteiger partial charge in [0.05, 0.1) is 16.7 Å². The number of aliphatic hydroxyl groups is 1. The van der Waals surface area contributed by atoms with E-state index in [4.69, 9.17) is 0 Å². The predicted octanol–water partition coefficient (Wildman–Crippen LogP) is 2.50. The summed E-state index contributed by atoms with van der Waals surface area (Å²) in [5, 5.41) is 13.7. The van der Waals surface area contributed by atoms with E-state index < -0.39 is 28.0 Å². The molecule has 0 spiro atoms. The molecule has 1 aliphatic rings. The Morgan fingerprint density at radius 1 is 1.19 bits per heavy atom. The average Bonchev–Trinajstić information content (AvgIpc) is 3.24. The van der Waals surface area contributed by atoms with E-state index >= 15 is 0 Å². The van der Waals surface area contributed by atoms with Crippen molar-refractivity contribution in [1.29, 1.82) is 0 Å². The smallest absolute Gasteiger partial charge is 0.386 e. The lowest BCUT2D eigenvalue weighted by Gasteiger charge is -2.16. The Morgan fingerprint density at radius 3 is 2.30 bits per heavy atom. The molecular formula is C17H20F3N3O3S. The first-order valence-electron chi connectivity index (χ1n) is 8.47. The SMILES string of the molecule is Cn1nc(C(F)(F)F)cc1C(O)Cc1ccc(S(=O)(=O)N2CCCC2)cc1. The second-order valence-corrected chi connectivity index (χ2v) is 8.49. The molecule has 0 saturated carbocycles. The van der Waals surface area contributed by atoms with E-state index in [9.17, 15) is 26.7 Å². The lowest BCUT2D eigenvalue weighted by molar-refractivity contribution is -0.141. The Kier molecular flexibility index (Phi) is 5.33. The fraction of sp³-hybridized carbons (Fsp3) is 0.471. The standard InChI is InChI=1S/C17H20F3N3O3S/c1-22-14(11-16(21-22)17(18,19)20)15(24)10-12-4-6-13(7-5-12)27(25,26)23-8-2-3-9-23/h4-7,11,15,24H,2-3,8-10H2,1H3. The van der Waals surface area contributed by atoms with Gasteiger partial charge >= 0.3 is 6.18 Å². The maximum Gasteiger partial charge on any atom is 0.435 e. The Hall–Kier alpha value is -1.91. The van der Waals surface area contributed by atoms with Gasteiger partial charge in [0.2, 0.25) is 10.0 Å². The van der Waals surface area contributed by atoms with Crippen LogP contribution in [-0.4, -0.2) is 40.7 Å². The number of benzene rings is 1. The number of alkyl halides is 3. The summed E-state index contributed by atoms with van der Waals surface area (Å²) in [6, 6.07) is 6.86. The normalized spacial score (nSPS) is 17.4. The number of aliphatic hydroxyl groups excluding tert-OH is 1. The molecule has 1 fully saturated rings. The summed E-state index contributed by atoms with van der Waals surface area (Å²) < 4.78 is 65.6. The fourth-order valence-electron chi connectivity index (χ4n) is 3.13. The van der Waals surface area contributed by atoms with Crippen LogP contribution in [-0.2, 0) is 29.7 Å². The summed E-state index contributed by atoms with van der Waals surface area (Å²) >= 11 is 0. The van der Waals surface area contributed by atoms with E-state index in [0.29, 0.717) is 18.7 Å². The van der Waals surface area contributed by atoms with Crippen LogP contribution in [0.2, 0.25) is 0 Å². The second kappa shape index (κ2) is 7.25. The minimum atomic E-state index is -4.58. The van der Waals surface area contributed by atoms with Crippen molar-refractivity contribution in [3.8, 4) is 0 Å². The third-order valence-corrected chi connectivity index (χ3v) is 6.52. The first-order valence-corrected chi connectivity index (χ1v) is 9.91. The van der Waals surface area contributed by atoms with E-state index in [0.717, 1.165) is 23.6 Å². The third-order valence-electron chi connectivity index (χ3n) is 4.60. The molecule has 1 unspecified atom stereocenters. The van der Waals surface area contributed by atoms with Crippen LogP contribution < -0.4 is 0 Å². The van der Waals surface area contributed by atoms with Crippen LogP contribution in [0, 0.1) is 0 Å². The molecule has 148 valence electrons. The van der Waals surface area contributed by atoms with Gasteiger partial charge < -0.3 is 5.11 Å². The Labute approximate surface area is 155 Å². The second-order valence-electron chi connectivity index (χ2n) is 6.55. The van der Waals surface area contributed by atoms with Crippen molar-refractivity contribution < 1.29 is 26.7 Å². The molecule has 0 bridgehead atoms. The van der Waals surface area contributed by atoms with Crippen molar-refractivity contribution in [2.45, 2.75) is 36.4 Å². The molecule has 1 saturated heterocycles. The summed E-state index contributed by atoms with van der Waals surface area (Å²) in [5.74, 6) is 0. The molecule has 1 aromatic heterocycles. The zero-order valence-corrected chi connectivity index (χ0v) is 15.5.